The zero-order valence-corrected chi connectivity index (χ0v) is 21.5. The van der Waals surface area contributed by atoms with Gasteiger partial charge in [-0.1, -0.05) is 18.2 Å². The summed E-state index contributed by atoms with van der Waals surface area (Å²) in [5, 5.41) is 9.49. The van der Waals surface area contributed by atoms with Crippen molar-refractivity contribution in [2.45, 2.75) is 19.4 Å². The number of anilines is 1. The Hall–Kier alpha value is -3.60. The number of likely N-dealkylation sites (N-methyl/N-ethyl adjacent to an activating group) is 1. The van der Waals surface area contributed by atoms with Gasteiger partial charge >= 0.3 is 0 Å². The molecule has 36 heavy (non-hydrogen) atoms. The maximum Gasteiger partial charge on any atom is 0.265 e. The Morgan fingerprint density at radius 1 is 1.22 bits per heavy atom. The molecule has 1 amide bonds. The molecule has 3 aromatic heterocycles. The van der Waals surface area contributed by atoms with Crippen LogP contribution in [-0.4, -0.2) is 53.4 Å². The predicted octanol–water partition coefficient (Wildman–Crippen LogP) is 4.76. The Kier molecular flexibility index (Phi) is 7.08. The Morgan fingerprint density at radius 3 is 2.75 bits per heavy atom. The van der Waals surface area contributed by atoms with E-state index in [0.29, 0.717) is 23.5 Å². The molecule has 0 spiro atoms. The molecule has 1 atom stereocenters. The van der Waals surface area contributed by atoms with Gasteiger partial charge < -0.3 is 10.1 Å². The minimum atomic E-state index is -0.358. The second-order valence-corrected chi connectivity index (χ2v) is 10.3. The van der Waals surface area contributed by atoms with Gasteiger partial charge in [-0.3, -0.25) is 20.0 Å². The molecule has 10 heteroatoms. The van der Waals surface area contributed by atoms with E-state index in [-0.39, 0.29) is 12.0 Å². The predicted molar refractivity (Wildman–Crippen MR) is 144 cm³/mol. The number of hydrogen-bond donors (Lipinski definition) is 2. The van der Waals surface area contributed by atoms with Crippen LogP contribution in [0.3, 0.4) is 0 Å². The summed E-state index contributed by atoms with van der Waals surface area (Å²) < 4.78 is 6.07. The summed E-state index contributed by atoms with van der Waals surface area (Å²) in [7, 11) is 1.60. The molecule has 5 rings (SSSR count). The number of aldehydes is 1. The summed E-state index contributed by atoms with van der Waals surface area (Å²) >= 11 is 3.08. The quantitative estimate of drug-likeness (QED) is 0.197. The zero-order chi connectivity index (χ0) is 25.1. The highest BCUT2D eigenvalue weighted by Gasteiger charge is 2.20. The highest BCUT2D eigenvalue weighted by atomic mass is 32.1. The van der Waals surface area contributed by atoms with Gasteiger partial charge in [-0.25, -0.2) is 9.97 Å². The molecule has 8 nitrogen and oxygen atoms in total. The van der Waals surface area contributed by atoms with Crippen molar-refractivity contribution in [1.82, 2.24) is 20.3 Å². The van der Waals surface area contributed by atoms with E-state index in [0.717, 1.165) is 51.5 Å². The van der Waals surface area contributed by atoms with E-state index < -0.39 is 0 Å². The van der Waals surface area contributed by atoms with Crippen LogP contribution in [0, 0.1) is 0 Å². The molecule has 0 bridgehead atoms. The van der Waals surface area contributed by atoms with Gasteiger partial charge in [-0.2, -0.15) is 0 Å². The molecule has 0 radical (unpaired) electrons. The smallest absolute Gasteiger partial charge is 0.265 e. The summed E-state index contributed by atoms with van der Waals surface area (Å²) in [5.74, 6) is 1.58. The fraction of sp³-hybridized carbons (Fsp3) is 0.231. The molecule has 1 aliphatic rings. The Balaban J connectivity index is 1.51. The van der Waals surface area contributed by atoms with E-state index in [1.807, 2.05) is 41.8 Å². The van der Waals surface area contributed by atoms with Gasteiger partial charge in [-0.15, -0.1) is 22.7 Å². The van der Waals surface area contributed by atoms with Crippen LogP contribution in [0.1, 0.15) is 13.3 Å². The summed E-state index contributed by atoms with van der Waals surface area (Å²) in [5.41, 5.74) is 5.43. The summed E-state index contributed by atoms with van der Waals surface area (Å²) in [6.45, 7) is 3.43. The van der Waals surface area contributed by atoms with Gasteiger partial charge in [0.1, 0.15) is 23.0 Å². The molecule has 1 aromatic carbocycles. The maximum absolute atomic E-state index is 12.6. The molecule has 1 aliphatic heterocycles. The van der Waals surface area contributed by atoms with Crippen LogP contribution in [0.2, 0.25) is 0 Å². The van der Waals surface area contributed by atoms with Crippen LogP contribution in [0.15, 0.2) is 58.8 Å². The largest absolute Gasteiger partial charge is 0.489 e. The number of hydrazine groups is 1. The van der Waals surface area contributed by atoms with Crippen LogP contribution < -0.4 is 15.5 Å². The third kappa shape index (κ3) is 5.15. The minimum absolute atomic E-state index is 0.197. The monoisotopic (exact) mass is 519 g/mol. The SMILES string of the molecule is C/C(C=O)=C/C(=O)N(C)Nc1nc(-c2cccs2)nc2scc(-c3ccc(OC4CCNC4)cc3)c12. The van der Waals surface area contributed by atoms with Crippen molar-refractivity contribution in [3.05, 3.63) is 58.8 Å². The first kappa shape index (κ1) is 24.1. The highest BCUT2D eigenvalue weighted by Crippen LogP contribution is 2.39. The first-order valence-corrected chi connectivity index (χ1v) is 13.3. The molecule has 1 saturated heterocycles. The number of fused-ring (bicyclic) bond motifs is 1. The van der Waals surface area contributed by atoms with Gasteiger partial charge in [0, 0.05) is 30.6 Å². The van der Waals surface area contributed by atoms with E-state index in [9.17, 15) is 9.59 Å². The van der Waals surface area contributed by atoms with Gasteiger partial charge in [0.05, 0.1) is 10.3 Å². The van der Waals surface area contributed by atoms with Gasteiger partial charge in [0.25, 0.3) is 5.91 Å². The number of carbonyl (C=O) groups excluding carboxylic acids is 2. The van der Waals surface area contributed by atoms with Gasteiger partial charge in [0.15, 0.2) is 11.6 Å². The van der Waals surface area contributed by atoms with Gasteiger partial charge in [0.2, 0.25) is 0 Å². The second kappa shape index (κ2) is 10.6. The number of hydrogen-bond acceptors (Lipinski definition) is 9. The van der Waals surface area contributed by atoms with E-state index in [2.05, 4.69) is 16.1 Å². The van der Waals surface area contributed by atoms with E-state index in [1.54, 1.807) is 25.3 Å². The molecule has 1 fully saturated rings. The van der Waals surface area contributed by atoms with Gasteiger partial charge in [-0.05, 0) is 54.6 Å². The Bertz CT molecular complexity index is 1410. The van der Waals surface area contributed by atoms with Crippen LogP contribution >= 0.6 is 22.7 Å². The number of thiophene rings is 2. The lowest BCUT2D eigenvalue weighted by atomic mass is 10.1. The maximum atomic E-state index is 12.6. The average molecular weight is 520 g/mol. The van der Waals surface area contributed by atoms with E-state index in [4.69, 9.17) is 14.7 Å². The molecule has 184 valence electrons. The first-order chi connectivity index (χ1) is 17.5. The number of ether oxygens (including phenoxy) is 1. The fourth-order valence-electron chi connectivity index (χ4n) is 3.92. The molecule has 2 N–H and O–H groups in total. The molecule has 0 saturated carbocycles. The number of benzene rings is 1. The second-order valence-electron chi connectivity index (χ2n) is 8.47. The average Bonchev–Trinajstić information content (AvgIpc) is 3.66. The molecular weight excluding hydrogens is 494 g/mol. The minimum Gasteiger partial charge on any atom is -0.489 e. The molecule has 0 aliphatic carbocycles. The van der Waals surface area contributed by atoms with E-state index >= 15 is 0 Å². The number of aromatic nitrogens is 2. The van der Waals surface area contributed by atoms with Crippen LogP contribution in [0.25, 0.3) is 32.0 Å². The van der Waals surface area contributed by atoms with Crippen molar-refractivity contribution in [1.29, 1.82) is 0 Å². The lowest BCUT2D eigenvalue weighted by Gasteiger charge is -2.19. The normalized spacial score (nSPS) is 15.7. The topological polar surface area (TPSA) is 96.5 Å². The van der Waals surface area contributed by atoms with Crippen molar-refractivity contribution in [2.24, 2.45) is 0 Å². The lowest BCUT2D eigenvalue weighted by Crippen LogP contribution is -2.31. The molecular formula is C26H25N5O3S2. The number of allylic oxidation sites excluding steroid dienone is 1. The zero-order valence-electron chi connectivity index (χ0n) is 19.9. The summed E-state index contributed by atoms with van der Waals surface area (Å²) in [6, 6.07) is 11.9. The van der Waals surface area contributed by atoms with Crippen molar-refractivity contribution >= 4 is 50.9 Å². The molecule has 4 aromatic rings. The summed E-state index contributed by atoms with van der Waals surface area (Å²) in [6.07, 6.45) is 3.13. The third-order valence-corrected chi connectivity index (χ3v) is 7.54. The van der Waals surface area contributed by atoms with Crippen molar-refractivity contribution in [3.63, 3.8) is 0 Å². The number of nitrogens with zero attached hydrogens (tertiary/aromatic N) is 3. The number of nitrogens with one attached hydrogen (secondary N) is 2. The molecule has 1 unspecified atom stereocenters. The standard InChI is InChI=1S/C26H25N5O3S2/c1-16(14-32)12-22(33)31(2)30-25-23-20(15-36-26(23)29-24(28-25)21-4-3-11-35-21)17-5-7-18(8-6-17)34-19-9-10-27-13-19/h3-8,11-12,14-15,19,27H,9-10,13H2,1-2H3,(H,28,29,30)/b16-12-. The van der Waals surface area contributed by atoms with Crippen LogP contribution in [-0.2, 0) is 9.59 Å². The summed E-state index contributed by atoms with van der Waals surface area (Å²) in [4.78, 5) is 34.9. The number of rotatable bonds is 8. The van der Waals surface area contributed by atoms with Crippen LogP contribution in [0.4, 0.5) is 5.82 Å². The van der Waals surface area contributed by atoms with Crippen molar-refractivity contribution < 1.29 is 14.3 Å². The fourth-order valence-corrected chi connectivity index (χ4v) is 5.53. The number of amides is 1. The lowest BCUT2D eigenvalue weighted by molar-refractivity contribution is -0.123. The Morgan fingerprint density at radius 2 is 2.06 bits per heavy atom. The first-order valence-electron chi connectivity index (χ1n) is 11.5. The van der Waals surface area contributed by atoms with Crippen molar-refractivity contribution in [3.8, 4) is 27.6 Å². The Labute approximate surface area is 216 Å². The molecule has 4 heterocycles. The third-order valence-electron chi connectivity index (χ3n) is 5.80. The highest BCUT2D eigenvalue weighted by molar-refractivity contribution is 7.17. The van der Waals surface area contributed by atoms with Crippen LogP contribution in [0.5, 0.6) is 5.75 Å². The van der Waals surface area contributed by atoms with E-state index in [1.165, 1.54) is 22.4 Å². The van der Waals surface area contributed by atoms with Crippen molar-refractivity contribution in [2.75, 3.05) is 25.6 Å². The number of carbonyl (C=O) groups is 2.